The van der Waals surface area contributed by atoms with Crippen LogP contribution in [0.15, 0.2) is 71.2 Å². The molecule has 1 saturated heterocycles. The third kappa shape index (κ3) is 4.11. The van der Waals surface area contributed by atoms with Crippen LogP contribution in [-0.2, 0) is 16.0 Å². The van der Waals surface area contributed by atoms with Gasteiger partial charge in [0.15, 0.2) is 0 Å². The normalized spacial score (nSPS) is 18.3. The van der Waals surface area contributed by atoms with E-state index in [0.29, 0.717) is 11.5 Å². The van der Waals surface area contributed by atoms with Crippen molar-refractivity contribution >= 4 is 46.3 Å². The molecular weight excluding hydrogens is 406 g/mol. The molecule has 0 aliphatic carbocycles. The molecule has 2 aromatic carbocycles. The molecule has 1 N–H and O–H groups in total. The van der Waals surface area contributed by atoms with Crippen LogP contribution in [0.1, 0.15) is 11.1 Å². The Labute approximate surface area is 177 Å². The number of nitrogens with zero attached hydrogens (tertiary/aromatic N) is 1. The zero-order valence-electron chi connectivity index (χ0n) is 15.3. The topological polar surface area (TPSA) is 66.8 Å². The average molecular weight is 424 g/mol. The molecule has 29 heavy (non-hydrogen) atoms. The van der Waals surface area contributed by atoms with E-state index >= 15 is 0 Å². The number of hydrogen-bond acceptors (Lipinski definition) is 5. The van der Waals surface area contributed by atoms with Crippen LogP contribution in [-0.4, -0.2) is 38.9 Å². The second-order valence-electron chi connectivity index (χ2n) is 6.64. The van der Waals surface area contributed by atoms with Crippen molar-refractivity contribution < 1.29 is 19.4 Å². The minimum atomic E-state index is -1.08. The van der Waals surface area contributed by atoms with Gasteiger partial charge >= 0.3 is 5.97 Å². The summed E-state index contributed by atoms with van der Waals surface area (Å²) >= 11 is 6.47. The standard InChI is InChI=1S/C22H17NO4S2/c24-20-19(12-15-10-16-8-4-5-9-18(16)27-13-15)29-22(28)23(20)17(21(25)26)11-14-6-2-1-3-7-14/h1-10,12,17H,11,13H2,(H,25,26). The zero-order valence-corrected chi connectivity index (χ0v) is 16.9. The lowest BCUT2D eigenvalue weighted by Gasteiger charge is -2.23. The highest BCUT2D eigenvalue weighted by molar-refractivity contribution is 8.26. The number of carboxylic acid groups (broad SMARTS) is 1. The number of carboxylic acids is 1. The molecule has 146 valence electrons. The lowest BCUT2D eigenvalue weighted by Crippen LogP contribution is -2.45. The summed E-state index contributed by atoms with van der Waals surface area (Å²) in [6.07, 6.45) is 3.88. The van der Waals surface area contributed by atoms with Crippen LogP contribution in [0.4, 0.5) is 0 Å². The minimum Gasteiger partial charge on any atom is -0.488 e. The van der Waals surface area contributed by atoms with Gasteiger partial charge in [-0.05, 0) is 29.4 Å². The molecular formula is C22H17NO4S2. The summed E-state index contributed by atoms with van der Waals surface area (Å²) in [7, 11) is 0. The summed E-state index contributed by atoms with van der Waals surface area (Å²) < 4.78 is 5.98. The van der Waals surface area contributed by atoms with Gasteiger partial charge in [-0.15, -0.1) is 0 Å². The van der Waals surface area contributed by atoms with Gasteiger partial charge in [-0.1, -0.05) is 72.5 Å². The minimum absolute atomic E-state index is 0.190. The molecule has 2 aliphatic heterocycles. The summed E-state index contributed by atoms with van der Waals surface area (Å²) in [6.45, 7) is 0.341. The summed E-state index contributed by atoms with van der Waals surface area (Å²) in [4.78, 5) is 26.5. The Morgan fingerprint density at radius 1 is 1.21 bits per heavy atom. The molecule has 2 aliphatic rings. The fourth-order valence-corrected chi connectivity index (χ4v) is 4.63. The van der Waals surface area contributed by atoms with E-state index in [9.17, 15) is 14.7 Å². The Morgan fingerprint density at radius 3 is 2.69 bits per heavy atom. The van der Waals surface area contributed by atoms with Crippen LogP contribution >= 0.6 is 24.0 Å². The van der Waals surface area contributed by atoms with E-state index in [0.717, 1.165) is 34.2 Å². The van der Waals surface area contributed by atoms with Crippen LogP contribution < -0.4 is 4.74 Å². The summed E-state index contributed by atoms with van der Waals surface area (Å²) in [5, 5.41) is 9.73. The highest BCUT2D eigenvalue weighted by atomic mass is 32.2. The molecule has 0 bridgehead atoms. The highest BCUT2D eigenvalue weighted by Crippen LogP contribution is 2.35. The van der Waals surface area contributed by atoms with Crippen molar-refractivity contribution in [2.75, 3.05) is 6.61 Å². The van der Waals surface area contributed by atoms with Gasteiger partial charge in [-0.3, -0.25) is 9.69 Å². The third-order valence-electron chi connectivity index (χ3n) is 4.66. The molecule has 1 fully saturated rings. The van der Waals surface area contributed by atoms with Crippen LogP contribution in [0.3, 0.4) is 0 Å². The largest absolute Gasteiger partial charge is 0.488 e. The van der Waals surface area contributed by atoms with Gasteiger partial charge < -0.3 is 9.84 Å². The van der Waals surface area contributed by atoms with Crippen molar-refractivity contribution in [3.63, 3.8) is 0 Å². The lowest BCUT2D eigenvalue weighted by molar-refractivity contribution is -0.145. The molecule has 0 radical (unpaired) electrons. The van der Waals surface area contributed by atoms with Crippen molar-refractivity contribution in [3.05, 3.63) is 82.3 Å². The Hall–Kier alpha value is -2.90. The maximum Gasteiger partial charge on any atom is 0.327 e. The van der Waals surface area contributed by atoms with E-state index in [1.165, 1.54) is 4.90 Å². The van der Waals surface area contributed by atoms with Gasteiger partial charge in [0, 0.05) is 12.0 Å². The summed E-state index contributed by atoms with van der Waals surface area (Å²) in [5.41, 5.74) is 2.60. The monoisotopic (exact) mass is 423 g/mol. The predicted molar refractivity (Wildman–Crippen MR) is 117 cm³/mol. The van der Waals surface area contributed by atoms with Crippen molar-refractivity contribution in [2.24, 2.45) is 0 Å². The van der Waals surface area contributed by atoms with E-state index < -0.39 is 12.0 Å². The number of fused-ring (bicyclic) bond motifs is 1. The smallest absolute Gasteiger partial charge is 0.327 e. The van der Waals surface area contributed by atoms with Crippen LogP contribution in [0.25, 0.3) is 6.08 Å². The summed E-state index contributed by atoms with van der Waals surface area (Å²) in [5.74, 6) is -0.672. The number of carbonyl (C=O) groups excluding carboxylic acids is 1. The highest BCUT2D eigenvalue weighted by Gasteiger charge is 2.40. The quantitative estimate of drug-likeness (QED) is 0.581. The maximum atomic E-state index is 13.0. The number of thioether (sulfide) groups is 1. The number of carbonyl (C=O) groups is 2. The fourth-order valence-electron chi connectivity index (χ4n) is 3.26. The lowest BCUT2D eigenvalue weighted by atomic mass is 10.0. The van der Waals surface area contributed by atoms with E-state index in [1.807, 2.05) is 60.7 Å². The Kier molecular flexibility index (Phi) is 5.51. The van der Waals surface area contributed by atoms with E-state index in [4.69, 9.17) is 17.0 Å². The van der Waals surface area contributed by atoms with Crippen molar-refractivity contribution in [1.29, 1.82) is 0 Å². The summed E-state index contributed by atoms with van der Waals surface area (Å²) in [6, 6.07) is 15.8. The first-order valence-corrected chi connectivity index (χ1v) is 10.2. The van der Waals surface area contributed by atoms with Gasteiger partial charge in [0.2, 0.25) is 0 Å². The molecule has 0 spiro atoms. The molecule has 1 atom stereocenters. The number of ether oxygens (including phenoxy) is 1. The third-order valence-corrected chi connectivity index (χ3v) is 5.99. The first-order valence-electron chi connectivity index (χ1n) is 8.99. The number of para-hydroxylation sites is 1. The zero-order chi connectivity index (χ0) is 20.4. The molecule has 7 heteroatoms. The fraction of sp³-hybridized carbons (Fsp3) is 0.136. The number of benzene rings is 2. The van der Waals surface area contributed by atoms with Crippen molar-refractivity contribution in [3.8, 4) is 5.75 Å². The number of amides is 1. The van der Waals surface area contributed by atoms with Crippen molar-refractivity contribution in [1.82, 2.24) is 4.90 Å². The first kappa shape index (κ1) is 19.4. The molecule has 1 unspecified atom stereocenters. The van der Waals surface area contributed by atoms with Gasteiger partial charge in [0.05, 0.1) is 4.91 Å². The van der Waals surface area contributed by atoms with Gasteiger partial charge in [-0.25, -0.2) is 4.79 Å². The Morgan fingerprint density at radius 2 is 1.93 bits per heavy atom. The molecule has 0 saturated carbocycles. The van der Waals surface area contributed by atoms with Crippen LogP contribution in [0, 0.1) is 0 Å². The Bertz CT molecular complexity index is 1050. The SMILES string of the molecule is O=C(O)C(Cc1ccccc1)N1C(=O)C(=CC2=Cc3ccccc3OC2)SC1=S. The Balaban J connectivity index is 1.59. The predicted octanol–water partition coefficient (Wildman–Crippen LogP) is 3.90. The van der Waals surface area contributed by atoms with Crippen LogP contribution in [0.5, 0.6) is 5.75 Å². The number of aliphatic carboxylic acids is 1. The van der Waals surface area contributed by atoms with Gasteiger partial charge in [0.25, 0.3) is 5.91 Å². The first-order chi connectivity index (χ1) is 14.0. The van der Waals surface area contributed by atoms with Crippen LogP contribution in [0.2, 0.25) is 0 Å². The van der Waals surface area contributed by atoms with E-state index in [-0.39, 0.29) is 16.6 Å². The molecule has 2 aromatic rings. The number of thiocarbonyl (C=S) groups is 1. The number of hydrogen-bond donors (Lipinski definition) is 1. The van der Waals surface area contributed by atoms with E-state index in [1.54, 1.807) is 6.08 Å². The molecule has 0 aromatic heterocycles. The second-order valence-corrected chi connectivity index (χ2v) is 8.32. The average Bonchev–Trinajstić information content (AvgIpc) is 2.99. The second kappa shape index (κ2) is 8.23. The molecule has 5 nitrogen and oxygen atoms in total. The molecule has 1 amide bonds. The maximum absolute atomic E-state index is 13.0. The van der Waals surface area contributed by atoms with Gasteiger partial charge in [-0.2, -0.15) is 0 Å². The van der Waals surface area contributed by atoms with Crippen molar-refractivity contribution in [2.45, 2.75) is 12.5 Å². The molecule has 4 rings (SSSR count). The number of rotatable bonds is 5. The van der Waals surface area contributed by atoms with Gasteiger partial charge in [0.1, 0.15) is 22.7 Å². The molecule has 2 heterocycles. The van der Waals surface area contributed by atoms with E-state index in [2.05, 4.69) is 0 Å².